The molecule has 0 aliphatic carbocycles. The summed E-state index contributed by atoms with van der Waals surface area (Å²) in [5.74, 6) is 1.42. The van der Waals surface area contributed by atoms with E-state index < -0.39 is 0 Å². The lowest BCUT2D eigenvalue weighted by Gasteiger charge is -2.09. The zero-order valence-corrected chi connectivity index (χ0v) is 11.8. The molecule has 0 radical (unpaired) electrons. The summed E-state index contributed by atoms with van der Waals surface area (Å²) in [6, 6.07) is 6.28. The zero-order valence-electron chi connectivity index (χ0n) is 11.0. The molecule has 0 aliphatic heterocycles. The molecular weight excluding hydrogens is 214 g/mol. The highest BCUT2D eigenvalue weighted by Crippen LogP contribution is 2.20. The summed E-state index contributed by atoms with van der Waals surface area (Å²) in [5.41, 5.74) is 9.31. The third-order valence-corrected chi connectivity index (χ3v) is 2.44. The molecule has 2 heteroatoms. The molecule has 0 bridgehead atoms. The van der Waals surface area contributed by atoms with Gasteiger partial charge in [-0.15, -0.1) is 0 Å². The third-order valence-electron chi connectivity index (χ3n) is 2.21. The Balaban J connectivity index is 0.000000673. The second kappa shape index (κ2) is 8.51. The minimum Gasteiger partial charge on any atom is -0.399 e. The van der Waals surface area contributed by atoms with Crippen molar-refractivity contribution in [3.63, 3.8) is 0 Å². The van der Waals surface area contributed by atoms with Crippen LogP contribution in [0.15, 0.2) is 18.2 Å². The summed E-state index contributed by atoms with van der Waals surface area (Å²) >= 11 is 4.21. The maximum absolute atomic E-state index is 5.84. The van der Waals surface area contributed by atoms with E-state index in [0.29, 0.717) is 5.92 Å². The van der Waals surface area contributed by atoms with Gasteiger partial charge in [-0.3, -0.25) is 0 Å². The maximum atomic E-state index is 5.84. The standard InChI is InChI=1S/C11H17NS.C3H8/c1-8(2)9-3-4-11(12)10(7-9)5-6-13;1-3-2/h3-4,7-8,13H,5-6,12H2,1-2H3;3H2,1-2H3. The molecular formula is C14H25NS. The average Bonchev–Trinajstić information content (AvgIpc) is 2.22. The van der Waals surface area contributed by atoms with Crippen LogP contribution in [0.3, 0.4) is 0 Å². The monoisotopic (exact) mass is 239 g/mol. The van der Waals surface area contributed by atoms with Gasteiger partial charge in [0.15, 0.2) is 0 Å². The summed E-state index contributed by atoms with van der Waals surface area (Å²) in [7, 11) is 0. The maximum Gasteiger partial charge on any atom is 0.0347 e. The lowest BCUT2D eigenvalue weighted by molar-refractivity contribution is 0.863. The molecule has 0 atom stereocenters. The number of aryl methyl sites for hydroxylation is 1. The van der Waals surface area contributed by atoms with Crippen molar-refractivity contribution in [2.75, 3.05) is 11.5 Å². The normalized spacial score (nSPS) is 9.88. The molecule has 0 heterocycles. The van der Waals surface area contributed by atoms with Gasteiger partial charge in [0.05, 0.1) is 0 Å². The molecule has 1 rings (SSSR count). The number of hydrogen-bond donors (Lipinski definition) is 2. The molecule has 0 fully saturated rings. The van der Waals surface area contributed by atoms with Crippen LogP contribution in [0.5, 0.6) is 0 Å². The average molecular weight is 239 g/mol. The Kier molecular flexibility index (Phi) is 8.18. The van der Waals surface area contributed by atoms with E-state index in [4.69, 9.17) is 5.73 Å². The Hall–Kier alpha value is -0.630. The van der Waals surface area contributed by atoms with Crippen molar-refractivity contribution >= 4 is 18.3 Å². The van der Waals surface area contributed by atoms with Gasteiger partial charge in [-0.05, 0) is 35.3 Å². The van der Waals surface area contributed by atoms with Crippen molar-refractivity contribution in [3.05, 3.63) is 29.3 Å². The number of rotatable bonds is 3. The minimum atomic E-state index is 0.569. The van der Waals surface area contributed by atoms with Gasteiger partial charge in [-0.2, -0.15) is 12.6 Å². The highest BCUT2D eigenvalue weighted by molar-refractivity contribution is 7.80. The zero-order chi connectivity index (χ0) is 12.6. The molecule has 0 aromatic heterocycles. The van der Waals surface area contributed by atoms with Gasteiger partial charge in [0, 0.05) is 5.69 Å². The van der Waals surface area contributed by atoms with E-state index in [-0.39, 0.29) is 0 Å². The van der Waals surface area contributed by atoms with E-state index >= 15 is 0 Å². The summed E-state index contributed by atoms with van der Waals surface area (Å²) in [4.78, 5) is 0. The predicted octanol–water partition coefficient (Wildman–Crippen LogP) is 4.28. The van der Waals surface area contributed by atoms with Crippen LogP contribution in [-0.4, -0.2) is 5.75 Å². The van der Waals surface area contributed by atoms with E-state index in [1.807, 2.05) is 6.07 Å². The Bertz CT molecular complexity index is 295. The molecule has 1 aromatic carbocycles. The van der Waals surface area contributed by atoms with Crippen LogP contribution >= 0.6 is 12.6 Å². The molecule has 0 amide bonds. The highest BCUT2D eigenvalue weighted by atomic mass is 32.1. The Morgan fingerprint density at radius 1 is 1.25 bits per heavy atom. The lowest BCUT2D eigenvalue weighted by atomic mass is 9.99. The van der Waals surface area contributed by atoms with Crippen molar-refractivity contribution < 1.29 is 0 Å². The van der Waals surface area contributed by atoms with Crippen LogP contribution in [0.4, 0.5) is 5.69 Å². The Morgan fingerprint density at radius 2 is 1.81 bits per heavy atom. The number of hydrogen-bond acceptors (Lipinski definition) is 2. The van der Waals surface area contributed by atoms with Gasteiger partial charge >= 0.3 is 0 Å². The summed E-state index contributed by atoms with van der Waals surface area (Å²) < 4.78 is 0. The fraction of sp³-hybridized carbons (Fsp3) is 0.571. The summed E-state index contributed by atoms with van der Waals surface area (Å²) in [6.45, 7) is 8.63. The fourth-order valence-corrected chi connectivity index (χ4v) is 1.56. The van der Waals surface area contributed by atoms with Crippen LogP contribution in [0.1, 0.15) is 51.2 Å². The first kappa shape index (κ1) is 15.4. The second-order valence-electron chi connectivity index (χ2n) is 4.29. The number of anilines is 1. The van der Waals surface area contributed by atoms with Gasteiger partial charge < -0.3 is 5.73 Å². The Labute approximate surface area is 106 Å². The first-order chi connectivity index (χ1) is 7.56. The topological polar surface area (TPSA) is 26.0 Å². The van der Waals surface area contributed by atoms with E-state index in [1.54, 1.807) is 0 Å². The number of nitrogen functional groups attached to an aromatic ring is 1. The van der Waals surface area contributed by atoms with Crippen molar-refractivity contribution in [1.82, 2.24) is 0 Å². The van der Waals surface area contributed by atoms with Crippen LogP contribution in [0, 0.1) is 0 Å². The van der Waals surface area contributed by atoms with Gasteiger partial charge in [-0.25, -0.2) is 0 Å². The molecule has 0 saturated heterocycles. The first-order valence-electron chi connectivity index (χ1n) is 6.05. The molecule has 0 aliphatic rings. The molecule has 2 N–H and O–H groups in total. The summed E-state index contributed by atoms with van der Waals surface area (Å²) in [6.07, 6.45) is 2.20. The van der Waals surface area contributed by atoms with E-state index in [1.165, 1.54) is 17.5 Å². The van der Waals surface area contributed by atoms with Crippen LogP contribution in [0.25, 0.3) is 0 Å². The smallest absolute Gasteiger partial charge is 0.0347 e. The molecule has 92 valence electrons. The number of thiol groups is 1. The molecule has 0 saturated carbocycles. The largest absolute Gasteiger partial charge is 0.399 e. The molecule has 0 spiro atoms. The van der Waals surface area contributed by atoms with Gasteiger partial charge in [-0.1, -0.05) is 46.2 Å². The van der Waals surface area contributed by atoms with Crippen molar-refractivity contribution in [1.29, 1.82) is 0 Å². The van der Waals surface area contributed by atoms with Gasteiger partial charge in [0.25, 0.3) is 0 Å². The molecule has 16 heavy (non-hydrogen) atoms. The SMILES string of the molecule is CC(C)c1ccc(N)c(CCS)c1.CCC. The first-order valence-corrected chi connectivity index (χ1v) is 6.69. The molecule has 1 aromatic rings. The molecule has 0 unspecified atom stereocenters. The van der Waals surface area contributed by atoms with Gasteiger partial charge in [0.2, 0.25) is 0 Å². The van der Waals surface area contributed by atoms with E-state index in [2.05, 4.69) is 52.5 Å². The van der Waals surface area contributed by atoms with Crippen molar-refractivity contribution in [2.24, 2.45) is 0 Å². The fourth-order valence-electron chi connectivity index (χ4n) is 1.32. The quantitative estimate of drug-likeness (QED) is 0.597. The van der Waals surface area contributed by atoms with Crippen LogP contribution in [-0.2, 0) is 6.42 Å². The van der Waals surface area contributed by atoms with Crippen LogP contribution in [0.2, 0.25) is 0 Å². The third kappa shape index (κ3) is 5.45. The minimum absolute atomic E-state index is 0.569. The summed E-state index contributed by atoms with van der Waals surface area (Å²) in [5, 5.41) is 0. The van der Waals surface area contributed by atoms with Crippen molar-refractivity contribution in [3.8, 4) is 0 Å². The lowest BCUT2D eigenvalue weighted by Crippen LogP contribution is -1.98. The van der Waals surface area contributed by atoms with Gasteiger partial charge in [0.1, 0.15) is 0 Å². The van der Waals surface area contributed by atoms with E-state index in [0.717, 1.165) is 17.9 Å². The predicted molar refractivity (Wildman–Crippen MR) is 78.5 cm³/mol. The number of benzene rings is 1. The van der Waals surface area contributed by atoms with E-state index in [9.17, 15) is 0 Å². The highest BCUT2D eigenvalue weighted by Gasteiger charge is 2.03. The Morgan fingerprint density at radius 3 is 2.25 bits per heavy atom. The molecule has 1 nitrogen and oxygen atoms in total. The van der Waals surface area contributed by atoms with Crippen molar-refractivity contribution in [2.45, 2.75) is 46.5 Å². The van der Waals surface area contributed by atoms with Crippen LogP contribution < -0.4 is 5.73 Å². The second-order valence-corrected chi connectivity index (χ2v) is 4.74. The number of nitrogens with two attached hydrogens (primary N) is 1.